The van der Waals surface area contributed by atoms with Crippen LogP contribution in [0, 0.1) is 5.82 Å². The van der Waals surface area contributed by atoms with E-state index in [2.05, 4.69) is 0 Å². The van der Waals surface area contributed by atoms with E-state index in [1.165, 1.54) is 19.1 Å². The first-order chi connectivity index (χ1) is 8.00. The molecule has 0 amide bonds. The summed E-state index contributed by atoms with van der Waals surface area (Å²) < 4.78 is 12.7. The Balaban J connectivity index is 0.00000121. The van der Waals surface area contributed by atoms with Crippen LogP contribution in [-0.4, -0.2) is 11.8 Å². The Labute approximate surface area is 103 Å². The van der Waals surface area contributed by atoms with E-state index in [-0.39, 0.29) is 23.6 Å². The molecule has 0 heterocycles. The number of carbonyl (C=O) groups excluding carboxylic acids is 1. The number of carbonyl (C=O) groups is 1. The first-order valence-corrected chi connectivity index (χ1v) is 6.02. The van der Waals surface area contributed by atoms with Crippen LogP contribution in [0.3, 0.4) is 0 Å². The Kier molecular flexibility index (Phi) is 7.39. The number of Topliss-reactive ketones (excluding diaryl/α,β-unsaturated/α-hetero) is 1. The molecular weight excluding hydrogens is 217 g/mol. The molecule has 0 fully saturated rings. The highest BCUT2D eigenvalue weighted by Gasteiger charge is 2.18. The molecule has 0 aliphatic rings. The van der Waals surface area contributed by atoms with Crippen LogP contribution in [-0.2, 0) is 4.79 Å². The van der Waals surface area contributed by atoms with Gasteiger partial charge < -0.3 is 5.73 Å². The van der Waals surface area contributed by atoms with E-state index in [1.54, 1.807) is 12.1 Å². The third-order valence-electron chi connectivity index (χ3n) is 2.37. The van der Waals surface area contributed by atoms with Gasteiger partial charge in [0.15, 0.2) is 0 Å². The quantitative estimate of drug-likeness (QED) is 0.876. The van der Waals surface area contributed by atoms with Crippen molar-refractivity contribution in [1.82, 2.24) is 0 Å². The molecule has 2 N–H and O–H groups in total. The van der Waals surface area contributed by atoms with Gasteiger partial charge in [-0.3, -0.25) is 4.79 Å². The van der Waals surface area contributed by atoms with E-state index in [0.29, 0.717) is 6.42 Å². The van der Waals surface area contributed by atoms with Gasteiger partial charge in [0.25, 0.3) is 0 Å². The van der Waals surface area contributed by atoms with Crippen LogP contribution in [0.4, 0.5) is 4.39 Å². The van der Waals surface area contributed by atoms with Crippen molar-refractivity contribution in [3.63, 3.8) is 0 Å². The highest BCUT2D eigenvalue weighted by atomic mass is 19.1. The van der Waals surface area contributed by atoms with Gasteiger partial charge >= 0.3 is 0 Å². The van der Waals surface area contributed by atoms with E-state index in [9.17, 15) is 9.18 Å². The first kappa shape index (κ1) is 15.8. The molecule has 0 radical (unpaired) electrons. The zero-order valence-corrected chi connectivity index (χ0v) is 11.0. The fraction of sp³-hybridized carbons (Fsp3) is 0.500. The highest BCUT2D eigenvalue weighted by molar-refractivity contribution is 5.83. The van der Waals surface area contributed by atoms with Gasteiger partial charge in [-0.05, 0) is 38.0 Å². The van der Waals surface area contributed by atoms with Crippen molar-refractivity contribution in [2.75, 3.05) is 0 Å². The van der Waals surface area contributed by atoms with Crippen LogP contribution in [0.1, 0.15) is 45.6 Å². The van der Waals surface area contributed by atoms with Crippen LogP contribution in [0.2, 0.25) is 0 Å². The summed E-state index contributed by atoms with van der Waals surface area (Å²) in [6, 6.07) is 5.98. The Morgan fingerprint density at radius 3 is 2.12 bits per heavy atom. The summed E-state index contributed by atoms with van der Waals surface area (Å²) in [5.41, 5.74) is 6.51. The van der Waals surface area contributed by atoms with Crippen molar-refractivity contribution in [2.24, 2.45) is 5.73 Å². The molecule has 0 saturated heterocycles. The largest absolute Gasteiger partial charge is 0.328 e. The molecule has 0 bridgehead atoms. The van der Waals surface area contributed by atoms with Crippen molar-refractivity contribution in [1.29, 1.82) is 0 Å². The molecule has 1 aromatic carbocycles. The molecule has 0 aliphatic heterocycles. The molecule has 96 valence electrons. The average molecular weight is 239 g/mol. The maximum atomic E-state index is 12.7. The first-order valence-electron chi connectivity index (χ1n) is 6.02. The van der Waals surface area contributed by atoms with Crippen LogP contribution in [0.5, 0.6) is 0 Å². The van der Waals surface area contributed by atoms with Crippen LogP contribution in [0.15, 0.2) is 24.3 Å². The van der Waals surface area contributed by atoms with Gasteiger partial charge in [-0.1, -0.05) is 26.0 Å². The molecule has 2 atom stereocenters. The topological polar surface area (TPSA) is 43.1 Å². The fourth-order valence-corrected chi connectivity index (χ4v) is 1.60. The molecule has 0 aliphatic carbocycles. The molecule has 1 aromatic rings. The molecule has 0 saturated carbocycles. The maximum Gasteiger partial charge on any atom is 0.137 e. The van der Waals surface area contributed by atoms with Crippen LogP contribution >= 0.6 is 0 Å². The minimum absolute atomic E-state index is 0.0380. The van der Waals surface area contributed by atoms with Gasteiger partial charge in [-0.15, -0.1) is 0 Å². The molecule has 2 unspecified atom stereocenters. The Morgan fingerprint density at radius 2 is 1.76 bits per heavy atom. The van der Waals surface area contributed by atoms with Gasteiger partial charge in [0.2, 0.25) is 0 Å². The molecule has 0 spiro atoms. The van der Waals surface area contributed by atoms with Crippen LogP contribution in [0.25, 0.3) is 0 Å². The monoisotopic (exact) mass is 239 g/mol. The lowest BCUT2D eigenvalue weighted by Crippen LogP contribution is -2.22. The second-order valence-corrected chi connectivity index (χ2v) is 3.93. The van der Waals surface area contributed by atoms with E-state index >= 15 is 0 Å². The number of rotatable bonds is 4. The van der Waals surface area contributed by atoms with E-state index in [1.807, 2.05) is 20.8 Å². The van der Waals surface area contributed by atoms with E-state index in [0.717, 1.165) is 5.56 Å². The van der Waals surface area contributed by atoms with Gasteiger partial charge in [-0.25, -0.2) is 4.39 Å². The van der Waals surface area contributed by atoms with E-state index in [4.69, 9.17) is 5.73 Å². The zero-order valence-electron chi connectivity index (χ0n) is 11.0. The molecule has 2 nitrogen and oxygen atoms in total. The number of hydrogen-bond donors (Lipinski definition) is 1. The zero-order chi connectivity index (χ0) is 13.4. The molecule has 17 heavy (non-hydrogen) atoms. The second kappa shape index (κ2) is 7.96. The van der Waals surface area contributed by atoms with Crippen LogP contribution < -0.4 is 5.73 Å². The maximum absolute atomic E-state index is 12.7. The number of nitrogens with two attached hydrogens (primary N) is 1. The molecule has 3 heteroatoms. The van der Waals surface area contributed by atoms with Gasteiger partial charge in [-0.2, -0.15) is 0 Å². The number of ketones is 1. The van der Waals surface area contributed by atoms with Gasteiger partial charge in [0, 0.05) is 12.0 Å². The number of benzene rings is 1. The lowest BCUT2D eigenvalue weighted by Gasteiger charge is -2.16. The number of hydrogen-bond acceptors (Lipinski definition) is 2. The Hall–Kier alpha value is -1.22. The third kappa shape index (κ3) is 5.59. The average Bonchev–Trinajstić information content (AvgIpc) is 2.29. The highest BCUT2D eigenvalue weighted by Crippen LogP contribution is 2.22. The van der Waals surface area contributed by atoms with Crippen molar-refractivity contribution < 1.29 is 9.18 Å². The smallest absolute Gasteiger partial charge is 0.137 e. The van der Waals surface area contributed by atoms with Crippen molar-refractivity contribution in [3.05, 3.63) is 35.6 Å². The summed E-state index contributed by atoms with van der Waals surface area (Å²) >= 11 is 0. The summed E-state index contributed by atoms with van der Waals surface area (Å²) in [6.45, 7) is 7.40. The fourth-order valence-electron chi connectivity index (χ4n) is 1.60. The summed E-state index contributed by atoms with van der Waals surface area (Å²) in [5.74, 6) is -0.439. The summed E-state index contributed by atoms with van der Waals surface area (Å²) in [5, 5.41) is 0. The van der Waals surface area contributed by atoms with Crippen molar-refractivity contribution in [2.45, 2.75) is 46.1 Å². The molecule has 0 aromatic heterocycles. The second-order valence-electron chi connectivity index (χ2n) is 3.93. The lowest BCUT2D eigenvalue weighted by atomic mass is 9.90. The Morgan fingerprint density at radius 1 is 1.29 bits per heavy atom. The third-order valence-corrected chi connectivity index (χ3v) is 2.37. The Bertz CT molecular complexity index is 333. The van der Waals surface area contributed by atoms with Crippen molar-refractivity contribution in [3.8, 4) is 0 Å². The molecule has 1 rings (SSSR count). The summed E-state index contributed by atoms with van der Waals surface area (Å²) in [6.07, 6.45) is 0.598. The predicted molar refractivity (Wildman–Crippen MR) is 69.4 cm³/mol. The number of halogens is 1. The summed E-state index contributed by atoms with van der Waals surface area (Å²) in [7, 11) is 0. The minimum atomic E-state index is -0.290. The minimum Gasteiger partial charge on any atom is -0.328 e. The lowest BCUT2D eigenvalue weighted by molar-refractivity contribution is -0.118. The standard InChI is InChI=1S/C12H16FNO.C2H6/c1-8(14)7-12(9(2)15)10-3-5-11(13)6-4-10;1-2/h3-6,8,12H,7,14H2,1-2H3;1-2H3. The normalized spacial score (nSPS) is 13.3. The van der Waals surface area contributed by atoms with E-state index < -0.39 is 0 Å². The SMILES string of the molecule is CC.CC(=O)C(CC(C)N)c1ccc(F)cc1. The summed E-state index contributed by atoms with van der Waals surface area (Å²) in [4.78, 5) is 11.4. The van der Waals surface area contributed by atoms with Gasteiger partial charge in [0.1, 0.15) is 11.6 Å². The predicted octanol–water partition coefficient (Wildman–Crippen LogP) is 3.26. The molecular formula is C14H22FNO. The van der Waals surface area contributed by atoms with Crippen molar-refractivity contribution >= 4 is 5.78 Å². The van der Waals surface area contributed by atoms with Gasteiger partial charge in [0.05, 0.1) is 0 Å².